The van der Waals surface area contributed by atoms with Crippen molar-refractivity contribution in [2.75, 3.05) is 26.4 Å². The first-order chi connectivity index (χ1) is 37.4. The Kier molecular flexibility index (Phi) is 17.7. The van der Waals surface area contributed by atoms with Gasteiger partial charge in [0.15, 0.2) is 25.0 Å². The van der Waals surface area contributed by atoms with Gasteiger partial charge in [0.2, 0.25) is 6.29 Å². The summed E-state index contributed by atoms with van der Waals surface area (Å²) in [6.45, 7) is 9.91. The van der Waals surface area contributed by atoms with Crippen molar-refractivity contribution >= 4 is 5.97 Å². The largest absolute Gasteiger partial charge is 0.432 e. The summed E-state index contributed by atoms with van der Waals surface area (Å²) in [6.07, 6.45) is -35.8. The lowest BCUT2D eigenvalue weighted by atomic mass is 9.33. The fourth-order valence-corrected chi connectivity index (χ4v) is 16.5. The Bertz CT molecular complexity index is 2230. The second-order valence-electron chi connectivity index (χ2n) is 26.3. The zero-order valence-corrected chi connectivity index (χ0v) is 46.2. The van der Waals surface area contributed by atoms with E-state index < -0.39 is 224 Å². The minimum Gasteiger partial charge on any atom is -0.432 e. The van der Waals surface area contributed by atoms with E-state index in [-0.39, 0.29) is 25.2 Å². The molecule has 0 radical (unpaired) electrons. The second kappa shape index (κ2) is 22.5. The molecular weight excluding hydrogens is 1060 g/mol. The molecule has 26 heteroatoms. The van der Waals surface area contributed by atoms with E-state index in [9.17, 15) is 86.8 Å². The van der Waals surface area contributed by atoms with Crippen LogP contribution >= 0.6 is 0 Å². The standard InChI is InChI=1S/C54H88O26/c1-20-30(60)34(64)38(68)44(74-20)79-41-37(67)33(63)25(18-57)77-47(41)80-48(72)53(7)27-10-13-51(5)26(50(27,4)12-11-28(53)58)9-8-21-22-14-49(2,3)42(70)43(71)54(22,29(59)15-52(21,51)6)19-73-46-40(36(66)32(62)24(17-56)76-46)78-45-39(69)35(65)31(61)23(16-55)75-45/h8,20,22-47,55-71H,9-19H2,1-7H3/t20-,22-,23+,24+,25+,26+,27+,28-,29+,30-,31+,32+,33+,34+,35-,36-,37-,38+,39+,40+,41+,42-,43-,44-,45-,46+,47-,50+,51+,52+,53+,54-/m0/s1. The molecule has 32 atom stereocenters. The van der Waals surface area contributed by atoms with E-state index in [2.05, 4.69) is 26.8 Å². The molecule has 9 rings (SSSR count). The van der Waals surface area contributed by atoms with Gasteiger partial charge in [0.25, 0.3) is 0 Å². The minimum atomic E-state index is -1.94. The van der Waals surface area contributed by atoms with E-state index in [4.69, 9.17) is 37.9 Å². The summed E-state index contributed by atoms with van der Waals surface area (Å²) in [5, 5.41) is 188. The highest BCUT2D eigenvalue weighted by atomic mass is 16.8. The van der Waals surface area contributed by atoms with E-state index in [1.807, 2.05) is 0 Å². The van der Waals surface area contributed by atoms with Crippen molar-refractivity contribution in [1.29, 1.82) is 0 Å². The molecule has 0 amide bonds. The maximum Gasteiger partial charge on any atom is 0.317 e. The molecule has 9 aliphatic rings. The topological polar surface area (TPSA) is 435 Å². The number of fused-ring (bicyclic) bond motifs is 7. The molecule has 5 aliphatic carbocycles. The van der Waals surface area contributed by atoms with E-state index in [0.717, 1.165) is 5.57 Å². The molecule has 0 aromatic carbocycles. The van der Waals surface area contributed by atoms with Gasteiger partial charge in [-0.15, -0.1) is 0 Å². The first-order valence-electron chi connectivity index (χ1n) is 28.2. The van der Waals surface area contributed by atoms with E-state index >= 15 is 4.79 Å². The quantitative estimate of drug-likeness (QED) is 0.0642. The Morgan fingerprint density at radius 2 is 1.07 bits per heavy atom. The summed E-state index contributed by atoms with van der Waals surface area (Å²) in [5.74, 6) is -2.46. The van der Waals surface area contributed by atoms with Crippen LogP contribution in [0, 0.1) is 50.2 Å². The smallest absolute Gasteiger partial charge is 0.317 e. The van der Waals surface area contributed by atoms with Gasteiger partial charge in [0.1, 0.15) is 85.5 Å². The molecule has 4 saturated carbocycles. The maximum absolute atomic E-state index is 15.1. The first kappa shape index (κ1) is 62.8. The summed E-state index contributed by atoms with van der Waals surface area (Å²) >= 11 is 0. The van der Waals surface area contributed by atoms with Crippen LogP contribution in [0.25, 0.3) is 0 Å². The van der Waals surface area contributed by atoms with Gasteiger partial charge in [0, 0.05) is 0 Å². The van der Waals surface area contributed by atoms with Gasteiger partial charge in [-0.25, -0.2) is 0 Å². The average molecular weight is 1150 g/mol. The molecule has 4 heterocycles. The summed E-state index contributed by atoms with van der Waals surface area (Å²) in [6, 6.07) is 0. The van der Waals surface area contributed by atoms with Crippen molar-refractivity contribution in [3.8, 4) is 0 Å². The number of aliphatic hydroxyl groups is 17. The normalized spacial score (nSPS) is 55.9. The van der Waals surface area contributed by atoms with Crippen molar-refractivity contribution < 1.29 is 130 Å². The van der Waals surface area contributed by atoms with Gasteiger partial charge in [-0.05, 0) is 98.2 Å². The molecule has 0 aromatic rings. The fourth-order valence-electron chi connectivity index (χ4n) is 16.5. The van der Waals surface area contributed by atoms with Gasteiger partial charge in [-0.1, -0.05) is 46.3 Å². The molecule has 4 saturated heterocycles. The van der Waals surface area contributed by atoms with Crippen LogP contribution in [0.15, 0.2) is 11.6 Å². The van der Waals surface area contributed by atoms with Gasteiger partial charge in [0.05, 0.1) is 67.8 Å². The average Bonchev–Trinajstić information content (AvgIpc) is 3.45. The third-order valence-electron chi connectivity index (χ3n) is 21.8. The SMILES string of the molecule is C[C@@H]1O[C@@H](O[C@H]2[C@H](OC(=O)[C@]3(C)[C@@H]4CC[C@]5(C)[C@H](CC=C6[C@@H]7CC(C)(C)[C@@H](O)[C@H](O)[C@]7(CO[C@@H]7O[C@H](CO)[C@@H](O)[C@H](O)[C@H]7O[C@@H]7O[C@H](CO)[C@@H](O)[C@H](O)[C@H]7O)[C@H](O)C[C@]65C)[C@@]4(C)CC[C@@H]3O)O[C@H](CO)[C@@H](O)[C@@H]2O)[C@H](O)[C@H](O)[C@H]1O. The number of allylic oxidation sites excluding steroid dienone is 2. The van der Waals surface area contributed by atoms with Crippen LogP contribution in [0.3, 0.4) is 0 Å². The molecule has 0 bridgehead atoms. The van der Waals surface area contributed by atoms with Crippen LogP contribution < -0.4 is 0 Å². The van der Waals surface area contributed by atoms with Crippen LogP contribution in [-0.4, -0.2) is 266 Å². The molecule has 4 aliphatic heterocycles. The summed E-state index contributed by atoms with van der Waals surface area (Å²) in [4.78, 5) is 15.1. The Hall–Kier alpha value is -1.75. The van der Waals surface area contributed by atoms with Crippen LogP contribution in [0.5, 0.6) is 0 Å². The van der Waals surface area contributed by atoms with Gasteiger partial charge >= 0.3 is 5.97 Å². The third kappa shape index (κ3) is 9.58. The monoisotopic (exact) mass is 1150 g/mol. The van der Waals surface area contributed by atoms with Gasteiger partial charge in [-0.2, -0.15) is 0 Å². The summed E-state index contributed by atoms with van der Waals surface area (Å²) in [5.41, 5.74) is -5.64. The minimum absolute atomic E-state index is 0.0181. The summed E-state index contributed by atoms with van der Waals surface area (Å²) < 4.78 is 47.3. The van der Waals surface area contributed by atoms with Crippen molar-refractivity contribution in [1.82, 2.24) is 0 Å². The number of esters is 1. The highest BCUT2D eigenvalue weighted by Gasteiger charge is 2.74. The number of hydrogen-bond donors (Lipinski definition) is 17. The molecule has 460 valence electrons. The van der Waals surface area contributed by atoms with Crippen molar-refractivity contribution in [3.63, 3.8) is 0 Å². The van der Waals surface area contributed by atoms with Crippen LogP contribution in [0.2, 0.25) is 0 Å². The Morgan fingerprint density at radius 1 is 0.562 bits per heavy atom. The predicted molar refractivity (Wildman–Crippen MR) is 267 cm³/mol. The van der Waals surface area contributed by atoms with E-state index in [0.29, 0.717) is 25.7 Å². The van der Waals surface area contributed by atoms with Gasteiger partial charge < -0.3 is 125 Å². The first-order valence-corrected chi connectivity index (χ1v) is 28.2. The van der Waals surface area contributed by atoms with Crippen LogP contribution in [-0.2, 0) is 42.7 Å². The third-order valence-corrected chi connectivity index (χ3v) is 21.8. The number of ether oxygens (including phenoxy) is 8. The lowest BCUT2D eigenvalue weighted by Crippen LogP contribution is -2.72. The number of aliphatic hydroxyl groups excluding tert-OH is 17. The maximum atomic E-state index is 15.1. The molecule has 8 fully saturated rings. The highest BCUT2D eigenvalue weighted by Crippen LogP contribution is 2.76. The van der Waals surface area contributed by atoms with Crippen molar-refractivity contribution in [2.24, 2.45) is 50.2 Å². The Balaban J connectivity index is 1.01. The number of carbonyl (C=O) groups excluding carboxylic acids is 1. The molecule has 17 N–H and O–H groups in total. The van der Waals surface area contributed by atoms with Gasteiger partial charge in [-0.3, -0.25) is 4.79 Å². The molecule has 0 spiro atoms. The molecular formula is C54H88O26. The zero-order valence-electron chi connectivity index (χ0n) is 46.2. The van der Waals surface area contributed by atoms with Crippen LogP contribution in [0.1, 0.15) is 93.4 Å². The number of carbonyl (C=O) groups is 1. The van der Waals surface area contributed by atoms with Crippen molar-refractivity contribution in [3.05, 3.63) is 11.6 Å². The zero-order chi connectivity index (χ0) is 58.9. The van der Waals surface area contributed by atoms with E-state index in [1.54, 1.807) is 20.8 Å². The Morgan fingerprint density at radius 3 is 1.65 bits per heavy atom. The van der Waals surface area contributed by atoms with Crippen LogP contribution in [0.4, 0.5) is 0 Å². The number of hydrogen-bond acceptors (Lipinski definition) is 26. The summed E-state index contributed by atoms with van der Waals surface area (Å²) in [7, 11) is 0. The Labute approximate surface area is 463 Å². The number of rotatable bonds is 12. The fraction of sp³-hybridized carbons (Fsp3) is 0.944. The molecule has 0 aromatic heterocycles. The lowest BCUT2D eigenvalue weighted by molar-refractivity contribution is -0.373. The molecule has 26 nitrogen and oxygen atoms in total. The molecule has 0 unspecified atom stereocenters. The second-order valence-corrected chi connectivity index (χ2v) is 26.3. The highest BCUT2D eigenvalue weighted by molar-refractivity contribution is 5.78. The van der Waals surface area contributed by atoms with E-state index in [1.165, 1.54) is 6.92 Å². The predicted octanol–water partition coefficient (Wildman–Crippen LogP) is -5.12. The van der Waals surface area contributed by atoms with Crippen molar-refractivity contribution in [2.45, 2.75) is 241 Å². The lowest BCUT2D eigenvalue weighted by Gasteiger charge is -2.72. The molecule has 80 heavy (non-hydrogen) atoms.